The first-order valence-corrected chi connectivity index (χ1v) is 6.57. The van der Waals surface area contributed by atoms with Gasteiger partial charge in [0.1, 0.15) is 0 Å². The van der Waals surface area contributed by atoms with Crippen molar-refractivity contribution in [3.8, 4) is 0 Å². The summed E-state index contributed by atoms with van der Waals surface area (Å²) in [7, 11) is 0. The molecular weight excluding hydrogens is 230 g/mol. The van der Waals surface area contributed by atoms with Crippen LogP contribution in [0.4, 0.5) is 0 Å². The number of azide groups is 1. The fourth-order valence-electron chi connectivity index (χ4n) is 2.70. The number of nitrogens with zero attached hydrogens (tertiary/aromatic N) is 3. The number of hydrogen-bond donors (Lipinski definition) is 2. The lowest BCUT2D eigenvalue weighted by molar-refractivity contribution is -0.126. The fourth-order valence-corrected chi connectivity index (χ4v) is 2.70. The molecule has 18 heavy (non-hydrogen) atoms. The molecule has 6 heteroatoms. The number of primary amides is 1. The third kappa shape index (κ3) is 3.62. The molecule has 0 aromatic rings. The predicted molar refractivity (Wildman–Crippen MR) is 70.7 cm³/mol. The van der Waals surface area contributed by atoms with E-state index in [1.807, 2.05) is 0 Å². The van der Waals surface area contributed by atoms with Crippen molar-refractivity contribution in [1.82, 2.24) is 5.32 Å². The molecule has 0 aliphatic heterocycles. The first-order valence-electron chi connectivity index (χ1n) is 6.57. The monoisotopic (exact) mass is 253 g/mol. The van der Waals surface area contributed by atoms with Gasteiger partial charge in [0.05, 0.1) is 5.54 Å². The van der Waals surface area contributed by atoms with Gasteiger partial charge in [0, 0.05) is 18.0 Å². The SMILES string of the molecule is CC(C)C1CCC(NCCN=[N+]=[N-])(C(N)=O)CC1. The number of hydrogen-bond acceptors (Lipinski definition) is 3. The standard InChI is InChI=1S/C12H23N5O/c1-9(2)10-3-5-12(6-4-10,11(13)18)15-7-8-16-17-14/h9-10,15H,3-8H2,1-2H3,(H2,13,18). The molecule has 1 fully saturated rings. The van der Waals surface area contributed by atoms with Crippen molar-refractivity contribution in [3.63, 3.8) is 0 Å². The number of carbonyl (C=O) groups is 1. The van der Waals surface area contributed by atoms with Crippen molar-refractivity contribution in [2.24, 2.45) is 22.7 Å². The lowest BCUT2D eigenvalue weighted by atomic mass is 9.72. The summed E-state index contributed by atoms with van der Waals surface area (Å²) in [4.78, 5) is 14.4. The van der Waals surface area contributed by atoms with E-state index in [1.165, 1.54) is 0 Å². The minimum Gasteiger partial charge on any atom is -0.368 e. The fraction of sp³-hybridized carbons (Fsp3) is 0.917. The second-order valence-electron chi connectivity index (χ2n) is 5.41. The molecule has 0 spiro atoms. The zero-order valence-corrected chi connectivity index (χ0v) is 11.2. The van der Waals surface area contributed by atoms with Gasteiger partial charge in [0.15, 0.2) is 0 Å². The van der Waals surface area contributed by atoms with Crippen LogP contribution in [0.15, 0.2) is 5.11 Å². The lowest BCUT2D eigenvalue weighted by Crippen LogP contribution is -2.58. The molecule has 0 unspecified atom stereocenters. The summed E-state index contributed by atoms with van der Waals surface area (Å²) >= 11 is 0. The van der Waals surface area contributed by atoms with E-state index < -0.39 is 5.54 Å². The summed E-state index contributed by atoms with van der Waals surface area (Å²) in [5, 5.41) is 6.65. The minimum absolute atomic E-state index is 0.286. The number of nitrogens with two attached hydrogens (primary N) is 1. The maximum absolute atomic E-state index is 11.7. The Morgan fingerprint density at radius 1 is 1.56 bits per heavy atom. The Hall–Kier alpha value is -1.26. The van der Waals surface area contributed by atoms with Crippen LogP contribution in [0, 0.1) is 11.8 Å². The molecule has 1 saturated carbocycles. The second-order valence-corrected chi connectivity index (χ2v) is 5.41. The van der Waals surface area contributed by atoms with E-state index in [4.69, 9.17) is 11.3 Å². The number of carbonyl (C=O) groups excluding carboxylic acids is 1. The van der Waals surface area contributed by atoms with E-state index in [2.05, 4.69) is 29.2 Å². The molecule has 1 aliphatic carbocycles. The molecule has 3 N–H and O–H groups in total. The number of nitrogens with one attached hydrogen (secondary N) is 1. The van der Waals surface area contributed by atoms with Crippen molar-refractivity contribution in [2.75, 3.05) is 13.1 Å². The highest BCUT2D eigenvalue weighted by molar-refractivity contribution is 5.84. The van der Waals surface area contributed by atoms with Crippen LogP contribution in [0.3, 0.4) is 0 Å². The van der Waals surface area contributed by atoms with Gasteiger partial charge in [-0.3, -0.25) is 4.79 Å². The first-order chi connectivity index (χ1) is 8.52. The Morgan fingerprint density at radius 3 is 2.61 bits per heavy atom. The van der Waals surface area contributed by atoms with E-state index >= 15 is 0 Å². The van der Waals surface area contributed by atoms with Crippen LogP contribution >= 0.6 is 0 Å². The normalized spacial score (nSPS) is 27.8. The van der Waals surface area contributed by atoms with Crippen LogP contribution in [0.5, 0.6) is 0 Å². The third-order valence-corrected chi connectivity index (χ3v) is 4.04. The Kier molecular flexibility index (Phi) is 5.44. The predicted octanol–water partition coefficient (Wildman–Crippen LogP) is 1.96. The summed E-state index contributed by atoms with van der Waals surface area (Å²) in [6.07, 6.45) is 3.60. The van der Waals surface area contributed by atoms with E-state index in [9.17, 15) is 4.79 Å². The van der Waals surface area contributed by atoms with Crippen LogP contribution < -0.4 is 11.1 Å². The number of amides is 1. The summed E-state index contributed by atoms with van der Waals surface area (Å²) in [6.45, 7) is 5.28. The van der Waals surface area contributed by atoms with Crippen molar-refractivity contribution >= 4 is 5.91 Å². The molecule has 102 valence electrons. The van der Waals surface area contributed by atoms with Crippen LogP contribution in [0.25, 0.3) is 10.4 Å². The van der Waals surface area contributed by atoms with Crippen molar-refractivity contribution in [3.05, 3.63) is 10.4 Å². The summed E-state index contributed by atoms with van der Waals surface area (Å²) in [5.74, 6) is 1.04. The highest BCUT2D eigenvalue weighted by Crippen LogP contribution is 2.35. The summed E-state index contributed by atoms with van der Waals surface area (Å²) in [5.41, 5.74) is 13.1. The average Bonchev–Trinajstić information content (AvgIpc) is 2.35. The van der Waals surface area contributed by atoms with Crippen molar-refractivity contribution in [2.45, 2.75) is 45.1 Å². The third-order valence-electron chi connectivity index (χ3n) is 4.04. The molecule has 0 atom stereocenters. The van der Waals surface area contributed by atoms with Gasteiger partial charge in [-0.1, -0.05) is 19.0 Å². The van der Waals surface area contributed by atoms with Crippen LogP contribution in [0.2, 0.25) is 0 Å². The number of rotatable bonds is 6. The Bertz CT molecular complexity index is 327. The minimum atomic E-state index is -0.601. The van der Waals surface area contributed by atoms with Crippen LogP contribution in [-0.4, -0.2) is 24.5 Å². The molecule has 6 nitrogen and oxygen atoms in total. The zero-order valence-electron chi connectivity index (χ0n) is 11.2. The highest BCUT2D eigenvalue weighted by Gasteiger charge is 2.40. The molecule has 1 amide bonds. The van der Waals surface area contributed by atoms with E-state index in [1.54, 1.807) is 0 Å². The van der Waals surface area contributed by atoms with E-state index in [-0.39, 0.29) is 5.91 Å². The Labute approximate surface area is 108 Å². The van der Waals surface area contributed by atoms with Crippen molar-refractivity contribution < 1.29 is 4.79 Å². The van der Waals surface area contributed by atoms with E-state index in [0.717, 1.165) is 25.7 Å². The van der Waals surface area contributed by atoms with Gasteiger partial charge in [0.2, 0.25) is 5.91 Å². The molecule has 0 aromatic carbocycles. The summed E-state index contributed by atoms with van der Waals surface area (Å²) in [6, 6.07) is 0. The quantitative estimate of drug-likeness (QED) is 0.327. The smallest absolute Gasteiger partial charge is 0.237 e. The van der Waals surface area contributed by atoms with Gasteiger partial charge >= 0.3 is 0 Å². The molecule has 1 rings (SSSR count). The molecule has 0 heterocycles. The first kappa shape index (κ1) is 14.8. The summed E-state index contributed by atoms with van der Waals surface area (Å²) < 4.78 is 0. The van der Waals surface area contributed by atoms with Gasteiger partial charge in [-0.05, 0) is 43.1 Å². The molecule has 0 aromatic heterocycles. The van der Waals surface area contributed by atoms with Gasteiger partial charge in [-0.2, -0.15) is 0 Å². The average molecular weight is 253 g/mol. The molecule has 0 saturated heterocycles. The Balaban J connectivity index is 2.56. The largest absolute Gasteiger partial charge is 0.368 e. The molecule has 1 aliphatic rings. The molecule has 0 bridgehead atoms. The van der Waals surface area contributed by atoms with Crippen LogP contribution in [-0.2, 0) is 4.79 Å². The van der Waals surface area contributed by atoms with Crippen molar-refractivity contribution in [1.29, 1.82) is 0 Å². The van der Waals surface area contributed by atoms with Crippen LogP contribution in [0.1, 0.15) is 39.5 Å². The van der Waals surface area contributed by atoms with Gasteiger partial charge in [-0.25, -0.2) is 0 Å². The molecule has 0 radical (unpaired) electrons. The Morgan fingerprint density at radius 2 is 2.17 bits per heavy atom. The van der Waals surface area contributed by atoms with Gasteiger partial charge in [0.25, 0.3) is 0 Å². The van der Waals surface area contributed by atoms with E-state index in [0.29, 0.717) is 24.9 Å². The zero-order chi connectivity index (χ0) is 13.6. The van der Waals surface area contributed by atoms with Gasteiger partial charge in [-0.15, -0.1) is 0 Å². The lowest BCUT2D eigenvalue weighted by Gasteiger charge is -2.39. The second kappa shape index (κ2) is 6.61. The topological polar surface area (TPSA) is 104 Å². The highest BCUT2D eigenvalue weighted by atomic mass is 16.1. The van der Waals surface area contributed by atoms with Gasteiger partial charge < -0.3 is 11.1 Å². The maximum Gasteiger partial charge on any atom is 0.237 e. The maximum atomic E-state index is 11.7. The molecular formula is C12H23N5O.